The van der Waals surface area contributed by atoms with Crippen LogP contribution in [0.2, 0.25) is 0 Å². The number of carbonyl (C=O) groups is 1. The summed E-state index contributed by atoms with van der Waals surface area (Å²) >= 11 is 1.75. The first-order valence-corrected chi connectivity index (χ1v) is 5.56. The van der Waals surface area contributed by atoms with E-state index in [4.69, 9.17) is 5.53 Å². The molecule has 2 heterocycles. The van der Waals surface area contributed by atoms with Gasteiger partial charge in [0.25, 0.3) is 0 Å². The van der Waals surface area contributed by atoms with Crippen molar-refractivity contribution in [3.63, 3.8) is 0 Å². The predicted octanol–water partition coefficient (Wildman–Crippen LogP) is 1.12. The Kier molecular flexibility index (Phi) is 2.21. The highest BCUT2D eigenvalue weighted by atomic mass is 32.2. The number of allylic oxidation sites excluding steroid dienone is 1. The molecule has 2 unspecified atom stereocenters. The number of β-lactam (4-membered cyclic amide) rings is 1. The number of hydrogen-bond donors (Lipinski definition) is 1. The van der Waals surface area contributed by atoms with E-state index in [-0.39, 0.29) is 11.8 Å². The van der Waals surface area contributed by atoms with E-state index in [1.54, 1.807) is 11.8 Å². The first kappa shape index (κ1) is 9.49. The lowest BCUT2D eigenvalue weighted by Gasteiger charge is -2.48. The van der Waals surface area contributed by atoms with Crippen LogP contribution in [-0.2, 0) is 4.79 Å². The van der Waals surface area contributed by atoms with Crippen LogP contribution in [0.25, 0.3) is 0 Å². The van der Waals surface area contributed by atoms with Crippen LogP contribution in [-0.4, -0.2) is 32.9 Å². The van der Waals surface area contributed by atoms with Gasteiger partial charge in [0.15, 0.2) is 0 Å². The van der Waals surface area contributed by atoms with Crippen molar-refractivity contribution in [3.8, 4) is 0 Å². The van der Waals surface area contributed by atoms with Gasteiger partial charge in [0.05, 0.1) is 22.4 Å². The van der Waals surface area contributed by atoms with Crippen molar-refractivity contribution < 1.29 is 9.58 Å². The van der Waals surface area contributed by atoms with Crippen LogP contribution in [0.5, 0.6) is 0 Å². The zero-order valence-corrected chi connectivity index (χ0v) is 8.97. The van der Waals surface area contributed by atoms with Crippen LogP contribution in [0, 0.1) is 11.4 Å². The smallest absolute Gasteiger partial charge is 0.302 e. The van der Waals surface area contributed by atoms with Crippen molar-refractivity contribution in [2.24, 2.45) is 5.92 Å². The molecule has 0 spiro atoms. The molecule has 2 aliphatic heterocycles. The maximum Gasteiger partial charge on any atom is 0.335 e. The fourth-order valence-corrected chi connectivity index (χ4v) is 3.28. The molecule has 0 aromatic rings. The standard InChI is InChI=1S/C9H12N3OS/c1-5-8(13)12-6(2)7(3-11-10)4-14-9(5)12/h3,5,9-10H,4H2,1-2H3/q+1. The summed E-state index contributed by atoms with van der Waals surface area (Å²) < 4.78 is 0. The highest BCUT2D eigenvalue weighted by molar-refractivity contribution is 8.00. The molecule has 1 amide bonds. The molecular weight excluding hydrogens is 198 g/mol. The van der Waals surface area contributed by atoms with Crippen LogP contribution in [0.3, 0.4) is 0 Å². The Balaban J connectivity index is 2.32. The predicted molar refractivity (Wildman–Crippen MR) is 54.0 cm³/mol. The van der Waals surface area contributed by atoms with Crippen LogP contribution in [0.1, 0.15) is 13.8 Å². The summed E-state index contributed by atoms with van der Waals surface area (Å²) in [5.74, 6) is 1.19. The normalized spacial score (nSPS) is 30.7. The highest BCUT2D eigenvalue weighted by Crippen LogP contribution is 2.42. The molecule has 14 heavy (non-hydrogen) atoms. The summed E-state index contributed by atoms with van der Waals surface area (Å²) in [4.78, 5) is 16.6. The van der Waals surface area contributed by atoms with Gasteiger partial charge < -0.3 is 4.90 Å². The molecule has 0 bridgehead atoms. The summed E-state index contributed by atoms with van der Waals surface area (Å²) in [5, 5.41) is 0.311. The average Bonchev–Trinajstić information content (AvgIpc) is 2.20. The summed E-state index contributed by atoms with van der Waals surface area (Å²) in [5.41, 5.74) is 8.73. The maximum absolute atomic E-state index is 11.5. The van der Waals surface area contributed by atoms with Crippen LogP contribution in [0.4, 0.5) is 0 Å². The van der Waals surface area contributed by atoms with Crippen molar-refractivity contribution in [3.05, 3.63) is 11.3 Å². The van der Waals surface area contributed by atoms with Crippen LogP contribution >= 0.6 is 11.8 Å². The Morgan fingerprint density at radius 2 is 2.43 bits per heavy atom. The highest BCUT2D eigenvalue weighted by Gasteiger charge is 2.48. The van der Waals surface area contributed by atoms with Crippen molar-refractivity contribution >= 4 is 23.9 Å². The molecular formula is C9H12N3OS+. The molecule has 0 saturated carbocycles. The second-order valence-electron chi connectivity index (χ2n) is 3.57. The van der Waals surface area contributed by atoms with Gasteiger partial charge in [0.2, 0.25) is 5.91 Å². The van der Waals surface area contributed by atoms with E-state index in [1.807, 2.05) is 18.7 Å². The van der Waals surface area contributed by atoms with E-state index in [0.717, 1.165) is 17.0 Å². The number of nitrogens with one attached hydrogen (secondary N) is 1. The average molecular weight is 210 g/mol. The summed E-state index contributed by atoms with van der Waals surface area (Å²) in [7, 11) is 0. The Labute approximate surface area is 86.6 Å². The lowest BCUT2D eigenvalue weighted by Crippen LogP contribution is -2.58. The Morgan fingerprint density at radius 1 is 1.71 bits per heavy atom. The second kappa shape index (κ2) is 3.26. The molecule has 74 valence electrons. The van der Waals surface area contributed by atoms with E-state index < -0.39 is 0 Å². The van der Waals surface area contributed by atoms with Crippen molar-refractivity contribution in [2.75, 3.05) is 5.75 Å². The maximum atomic E-state index is 11.5. The molecule has 4 nitrogen and oxygen atoms in total. The number of carbonyl (C=O) groups excluding carboxylic acids is 1. The minimum absolute atomic E-state index is 0.143. The molecule has 0 aromatic heterocycles. The molecule has 0 aromatic carbocycles. The second-order valence-corrected chi connectivity index (χ2v) is 4.67. The van der Waals surface area contributed by atoms with Gasteiger partial charge in [-0.1, -0.05) is 6.92 Å². The summed E-state index contributed by atoms with van der Waals surface area (Å²) in [6.45, 7) is 3.89. The number of thioether (sulfide) groups is 1. The lowest BCUT2D eigenvalue weighted by atomic mass is 9.98. The summed E-state index contributed by atoms with van der Waals surface area (Å²) in [6, 6.07) is 0. The zero-order chi connectivity index (χ0) is 10.3. The molecule has 2 atom stereocenters. The minimum atomic E-state index is 0.143. The Hall–Kier alpha value is -1.06. The number of nitrogens with zero attached hydrogens (tertiary/aromatic N) is 2. The van der Waals surface area contributed by atoms with Gasteiger partial charge in [0.1, 0.15) is 0 Å². The Bertz CT molecular complexity index is 370. The zero-order valence-electron chi connectivity index (χ0n) is 8.15. The first-order valence-electron chi connectivity index (χ1n) is 4.51. The van der Waals surface area contributed by atoms with E-state index in [2.05, 4.69) is 4.79 Å². The molecule has 5 heteroatoms. The molecule has 2 aliphatic rings. The number of fused-ring (bicyclic) bond motifs is 1. The molecule has 1 saturated heterocycles. The van der Waals surface area contributed by atoms with Gasteiger partial charge in [-0.25, -0.2) is 0 Å². The number of amides is 1. The van der Waals surface area contributed by atoms with Gasteiger partial charge in [-0.2, -0.15) is 0 Å². The molecule has 0 radical (unpaired) electrons. The monoisotopic (exact) mass is 210 g/mol. The quantitative estimate of drug-likeness (QED) is 0.305. The van der Waals surface area contributed by atoms with Crippen LogP contribution in [0.15, 0.2) is 11.3 Å². The van der Waals surface area contributed by atoms with Crippen molar-refractivity contribution in [1.29, 1.82) is 5.53 Å². The minimum Gasteiger partial charge on any atom is -0.302 e. The largest absolute Gasteiger partial charge is 0.335 e. The van der Waals surface area contributed by atoms with E-state index in [0.29, 0.717) is 5.37 Å². The van der Waals surface area contributed by atoms with Crippen molar-refractivity contribution in [2.45, 2.75) is 19.2 Å². The van der Waals surface area contributed by atoms with E-state index in [1.165, 1.54) is 6.21 Å². The van der Waals surface area contributed by atoms with Gasteiger partial charge in [-0.15, -0.1) is 11.8 Å². The fourth-order valence-electron chi connectivity index (χ4n) is 1.83. The number of hydrogen-bond acceptors (Lipinski definition) is 3. The van der Waals surface area contributed by atoms with Crippen LogP contribution < -0.4 is 0 Å². The SMILES string of the molecule is CC1=C(C=[N+]=N)CSC2C(C)C(=O)N12. The van der Waals surface area contributed by atoms with E-state index >= 15 is 0 Å². The molecule has 0 aliphatic carbocycles. The molecule has 1 N–H and O–H groups in total. The molecule has 2 rings (SSSR count). The third-order valence-corrected chi connectivity index (χ3v) is 4.20. The molecule has 1 fully saturated rings. The van der Waals surface area contributed by atoms with Gasteiger partial charge in [-0.3, -0.25) is 4.79 Å². The first-order chi connectivity index (χ1) is 6.66. The fraction of sp³-hybridized carbons (Fsp3) is 0.556. The third kappa shape index (κ3) is 1.13. The van der Waals surface area contributed by atoms with E-state index in [9.17, 15) is 4.79 Å². The third-order valence-electron chi connectivity index (χ3n) is 2.77. The van der Waals surface area contributed by atoms with Gasteiger partial charge in [0, 0.05) is 16.2 Å². The van der Waals surface area contributed by atoms with Crippen molar-refractivity contribution in [1.82, 2.24) is 4.90 Å². The topological polar surface area (TPSA) is 58.3 Å². The number of rotatable bonds is 1. The Morgan fingerprint density at radius 3 is 3.07 bits per heavy atom. The van der Waals surface area contributed by atoms with Gasteiger partial charge >= 0.3 is 6.21 Å². The lowest BCUT2D eigenvalue weighted by molar-refractivity contribution is -0.145. The van der Waals surface area contributed by atoms with Gasteiger partial charge in [-0.05, 0) is 6.92 Å². The summed E-state index contributed by atoms with van der Waals surface area (Å²) in [6.07, 6.45) is 1.52.